The number of amides is 2. The number of nitriles is 1. The number of carbonyl (C=O) groups excluding carboxylic acids is 1. The van der Waals surface area contributed by atoms with Gasteiger partial charge in [-0.3, -0.25) is 9.88 Å². The molecule has 1 saturated heterocycles. The molecule has 1 fully saturated rings. The predicted molar refractivity (Wildman–Crippen MR) is 160 cm³/mol. The number of pyridine rings is 1. The van der Waals surface area contributed by atoms with Crippen molar-refractivity contribution in [3.63, 3.8) is 0 Å². The van der Waals surface area contributed by atoms with Gasteiger partial charge in [0.1, 0.15) is 5.82 Å². The first kappa shape index (κ1) is 26.8. The molecule has 2 amide bonds. The van der Waals surface area contributed by atoms with Crippen molar-refractivity contribution in [2.24, 2.45) is 0 Å². The first-order chi connectivity index (χ1) is 20.0. The summed E-state index contributed by atoms with van der Waals surface area (Å²) >= 11 is 6.56. The fraction of sp³-hybridized carbons (Fsp3) is 0.250. The molecule has 1 atom stereocenters. The lowest BCUT2D eigenvalue weighted by molar-refractivity contribution is 0.125. The van der Waals surface area contributed by atoms with Crippen LogP contribution in [0.3, 0.4) is 0 Å². The number of benzene rings is 2. The average Bonchev–Trinajstić information content (AvgIpc) is 3.35. The molecule has 0 radical (unpaired) electrons. The molecule has 4 aromatic rings. The van der Waals surface area contributed by atoms with Crippen LogP contribution in [-0.4, -0.2) is 56.5 Å². The molecule has 9 heteroatoms. The van der Waals surface area contributed by atoms with E-state index in [1.165, 1.54) is 11.1 Å². The van der Waals surface area contributed by atoms with Crippen LogP contribution in [0, 0.1) is 18.3 Å². The molecular weight excluding hydrogens is 534 g/mol. The number of aromatic nitrogens is 3. The Kier molecular flexibility index (Phi) is 7.55. The van der Waals surface area contributed by atoms with Gasteiger partial charge in [0, 0.05) is 62.0 Å². The van der Waals surface area contributed by atoms with E-state index in [4.69, 9.17) is 21.8 Å². The fourth-order valence-corrected chi connectivity index (χ4v) is 5.88. The van der Waals surface area contributed by atoms with Gasteiger partial charge in [0.15, 0.2) is 0 Å². The smallest absolute Gasteiger partial charge is 0.321 e. The third-order valence-corrected chi connectivity index (χ3v) is 8.13. The van der Waals surface area contributed by atoms with Crippen LogP contribution < -0.4 is 5.32 Å². The number of allylic oxidation sites excluding steroid dienone is 1. The molecule has 1 aliphatic heterocycles. The van der Waals surface area contributed by atoms with Gasteiger partial charge < -0.3 is 14.8 Å². The van der Waals surface area contributed by atoms with E-state index in [9.17, 15) is 4.79 Å². The lowest BCUT2D eigenvalue weighted by Crippen LogP contribution is -2.51. The summed E-state index contributed by atoms with van der Waals surface area (Å²) in [6.45, 7) is 5.41. The van der Waals surface area contributed by atoms with Gasteiger partial charge in [0.2, 0.25) is 0 Å². The SMILES string of the molecule is Cc1nccn1CCC1=Cc2cccnc2C(N2CCN(C(=O)Nc3ccc(C#N)cc3)CC2)c2ccc(Cl)cc21. The Morgan fingerprint density at radius 3 is 2.61 bits per heavy atom. The van der Waals surface area contributed by atoms with Crippen molar-refractivity contribution in [1.29, 1.82) is 5.26 Å². The molecule has 8 nitrogen and oxygen atoms in total. The van der Waals surface area contributed by atoms with E-state index in [1.807, 2.05) is 42.5 Å². The van der Waals surface area contributed by atoms with Gasteiger partial charge in [0.25, 0.3) is 0 Å². The maximum atomic E-state index is 13.0. The van der Waals surface area contributed by atoms with Crippen molar-refractivity contribution in [1.82, 2.24) is 24.3 Å². The summed E-state index contributed by atoms with van der Waals surface area (Å²) in [5, 5.41) is 12.7. The number of nitrogens with one attached hydrogen (secondary N) is 1. The predicted octanol–water partition coefficient (Wildman–Crippen LogP) is 6.00. The number of piperazine rings is 1. The van der Waals surface area contributed by atoms with Gasteiger partial charge in [-0.2, -0.15) is 5.26 Å². The largest absolute Gasteiger partial charge is 0.335 e. The monoisotopic (exact) mass is 563 g/mol. The second kappa shape index (κ2) is 11.6. The molecule has 0 bridgehead atoms. The standard InChI is InChI=1S/C32H30ClN7O/c1-22-35-12-14-38(22)13-10-24-19-25-3-2-11-36-30(25)31(28-9-6-26(33)20-29(24)28)39-15-17-40(18-16-39)32(41)37-27-7-4-23(21-34)5-8-27/h2-9,11-12,14,19-20,31H,10,13,15-18H2,1H3,(H,37,41). The van der Waals surface area contributed by atoms with Crippen molar-refractivity contribution in [3.05, 3.63) is 112 Å². The van der Waals surface area contributed by atoms with E-state index in [2.05, 4.69) is 50.1 Å². The number of nitrogens with zero attached hydrogens (tertiary/aromatic N) is 6. The number of carbonyl (C=O) groups is 1. The van der Waals surface area contributed by atoms with Crippen LogP contribution in [-0.2, 0) is 6.54 Å². The molecule has 2 aliphatic rings. The molecule has 1 unspecified atom stereocenters. The summed E-state index contributed by atoms with van der Waals surface area (Å²) in [6, 6.07) is 19.1. The highest BCUT2D eigenvalue weighted by Crippen LogP contribution is 2.41. The first-order valence-corrected chi connectivity index (χ1v) is 14.1. The summed E-state index contributed by atoms with van der Waals surface area (Å²) in [4.78, 5) is 26.5. The Morgan fingerprint density at radius 1 is 1.07 bits per heavy atom. The van der Waals surface area contributed by atoms with Crippen molar-refractivity contribution < 1.29 is 4.79 Å². The van der Waals surface area contributed by atoms with Gasteiger partial charge in [-0.1, -0.05) is 23.7 Å². The number of hydrogen-bond acceptors (Lipinski definition) is 5. The Morgan fingerprint density at radius 2 is 1.88 bits per heavy atom. The van der Waals surface area contributed by atoms with E-state index >= 15 is 0 Å². The molecule has 0 spiro atoms. The van der Waals surface area contributed by atoms with Crippen LogP contribution in [0.4, 0.5) is 10.5 Å². The highest BCUT2D eigenvalue weighted by molar-refractivity contribution is 6.30. The maximum absolute atomic E-state index is 13.0. The highest BCUT2D eigenvalue weighted by Gasteiger charge is 2.33. The number of rotatable bonds is 5. The number of aryl methyl sites for hydroxylation is 2. The van der Waals surface area contributed by atoms with Crippen molar-refractivity contribution >= 4 is 35.0 Å². The Hall–Kier alpha value is -4.45. The molecule has 206 valence electrons. The third kappa shape index (κ3) is 5.60. The van der Waals surface area contributed by atoms with Crippen LogP contribution in [0.1, 0.15) is 46.2 Å². The van der Waals surface area contributed by atoms with Gasteiger partial charge in [-0.25, -0.2) is 9.78 Å². The third-order valence-electron chi connectivity index (χ3n) is 7.89. The Bertz CT molecular complexity index is 1650. The Balaban J connectivity index is 1.25. The summed E-state index contributed by atoms with van der Waals surface area (Å²) in [7, 11) is 0. The average molecular weight is 564 g/mol. The zero-order valence-corrected chi connectivity index (χ0v) is 23.6. The molecule has 2 aromatic carbocycles. The quantitative estimate of drug-likeness (QED) is 0.322. The van der Waals surface area contributed by atoms with E-state index in [-0.39, 0.29) is 12.1 Å². The number of fused-ring (bicyclic) bond motifs is 2. The fourth-order valence-electron chi connectivity index (χ4n) is 5.71. The van der Waals surface area contributed by atoms with E-state index < -0.39 is 0 Å². The zero-order chi connectivity index (χ0) is 28.3. The highest BCUT2D eigenvalue weighted by atomic mass is 35.5. The molecule has 3 heterocycles. The lowest BCUT2D eigenvalue weighted by atomic mass is 9.92. The normalized spacial score (nSPS) is 16.7. The summed E-state index contributed by atoms with van der Waals surface area (Å²) in [6.07, 6.45) is 8.79. The number of hydrogen-bond donors (Lipinski definition) is 1. The van der Waals surface area contributed by atoms with E-state index in [1.54, 1.807) is 24.3 Å². The molecule has 41 heavy (non-hydrogen) atoms. The number of halogens is 1. The van der Waals surface area contributed by atoms with Crippen molar-refractivity contribution in [2.75, 3.05) is 31.5 Å². The number of imidazole rings is 1. The molecule has 6 rings (SSSR count). The molecule has 1 aliphatic carbocycles. The van der Waals surface area contributed by atoms with Crippen LogP contribution >= 0.6 is 11.6 Å². The van der Waals surface area contributed by atoms with Crippen LogP contribution in [0.5, 0.6) is 0 Å². The van der Waals surface area contributed by atoms with Gasteiger partial charge in [-0.15, -0.1) is 0 Å². The van der Waals surface area contributed by atoms with Crippen LogP contribution in [0.15, 0.2) is 73.2 Å². The number of anilines is 1. The van der Waals surface area contributed by atoms with Gasteiger partial charge >= 0.3 is 6.03 Å². The van der Waals surface area contributed by atoms with Crippen molar-refractivity contribution in [3.8, 4) is 6.07 Å². The van der Waals surface area contributed by atoms with Crippen molar-refractivity contribution in [2.45, 2.75) is 25.9 Å². The zero-order valence-electron chi connectivity index (χ0n) is 22.8. The van der Waals surface area contributed by atoms with E-state index in [0.717, 1.165) is 35.6 Å². The van der Waals surface area contributed by atoms with Gasteiger partial charge in [0.05, 0.1) is 23.4 Å². The maximum Gasteiger partial charge on any atom is 0.321 e. The van der Waals surface area contributed by atoms with E-state index in [0.29, 0.717) is 42.5 Å². The van der Waals surface area contributed by atoms with Crippen LogP contribution in [0.25, 0.3) is 11.6 Å². The molecule has 2 aromatic heterocycles. The molecular formula is C32H30ClN7O. The first-order valence-electron chi connectivity index (χ1n) is 13.7. The topological polar surface area (TPSA) is 90.1 Å². The Labute approximate surface area is 244 Å². The summed E-state index contributed by atoms with van der Waals surface area (Å²) in [5.41, 5.74) is 6.88. The molecule has 0 saturated carbocycles. The summed E-state index contributed by atoms with van der Waals surface area (Å²) < 4.78 is 2.17. The minimum Gasteiger partial charge on any atom is -0.335 e. The lowest BCUT2D eigenvalue weighted by Gasteiger charge is -2.39. The minimum absolute atomic E-state index is 0.0639. The minimum atomic E-state index is -0.139. The van der Waals surface area contributed by atoms with Crippen LogP contribution in [0.2, 0.25) is 5.02 Å². The second-order valence-electron chi connectivity index (χ2n) is 10.3. The molecule has 1 N–H and O–H groups in total. The second-order valence-corrected chi connectivity index (χ2v) is 10.8. The summed E-state index contributed by atoms with van der Waals surface area (Å²) in [5.74, 6) is 0.992. The van der Waals surface area contributed by atoms with Gasteiger partial charge in [-0.05, 0) is 84.1 Å². The number of urea groups is 1.